The molecule has 5 heteroatoms. The van der Waals surface area contributed by atoms with Gasteiger partial charge in [0, 0.05) is 19.2 Å². The highest BCUT2D eigenvalue weighted by Crippen LogP contribution is 2.28. The van der Waals surface area contributed by atoms with E-state index in [1.54, 1.807) is 12.3 Å². The summed E-state index contributed by atoms with van der Waals surface area (Å²) in [5, 5.41) is 4.26. The summed E-state index contributed by atoms with van der Waals surface area (Å²) in [6.07, 6.45) is 2.30. The molecule has 0 bridgehead atoms. The minimum absolute atomic E-state index is 0.565. The second-order valence-electron chi connectivity index (χ2n) is 2.69. The molecule has 2 rings (SSSR count). The molecule has 0 saturated heterocycles. The molecule has 3 nitrogen and oxygen atoms in total. The number of aliphatic imine (C=N–C) groups is 1. The number of nitrogens with one attached hydrogen (secondary N) is 1. The predicted octanol–water partition coefficient (Wildman–Crippen LogP) is 2.82. The highest BCUT2D eigenvalue weighted by molar-refractivity contribution is 6.65. The number of hydrogen-bond acceptors (Lipinski definition) is 3. The summed E-state index contributed by atoms with van der Waals surface area (Å²) < 4.78 is 0. The van der Waals surface area contributed by atoms with Crippen LogP contribution in [-0.4, -0.2) is 16.7 Å². The van der Waals surface area contributed by atoms with E-state index >= 15 is 0 Å². The number of pyridine rings is 1. The Bertz CT molecular complexity index is 362. The van der Waals surface area contributed by atoms with Crippen LogP contribution in [0.5, 0.6) is 0 Å². The Morgan fingerprint density at radius 3 is 3.08 bits per heavy atom. The lowest BCUT2D eigenvalue weighted by atomic mass is 10.4. The lowest BCUT2D eigenvalue weighted by molar-refractivity contribution is 1.11. The van der Waals surface area contributed by atoms with E-state index in [0.717, 1.165) is 18.8 Å². The minimum Gasteiger partial charge on any atom is -0.368 e. The molecule has 1 N–H and O–H groups in total. The van der Waals surface area contributed by atoms with Gasteiger partial charge in [-0.2, -0.15) is 0 Å². The maximum atomic E-state index is 5.84. The Morgan fingerprint density at radius 1 is 1.38 bits per heavy atom. The van der Waals surface area contributed by atoms with Crippen molar-refractivity contribution in [2.75, 3.05) is 11.9 Å². The Labute approximate surface area is 85.8 Å². The van der Waals surface area contributed by atoms with Crippen LogP contribution in [0.1, 0.15) is 6.42 Å². The van der Waals surface area contributed by atoms with Crippen LogP contribution in [0.25, 0.3) is 0 Å². The topological polar surface area (TPSA) is 37.3 Å². The van der Waals surface area contributed by atoms with Gasteiger partial charge in [0.05, 0.1) is 5.02 Å². The van der Waals surface area contributed by atoms with Crippen LogP contribution >= 0.6 is 23.2 Å². The van der Waals surface area contributed by atoms with Gasteiger partial charge < -0.3 is 5.32 Å². The monoisotopic (exact) mass is 215 g/mol. The summed E-state index contributed by atoms with van der Waals surface area (Å²) in [7, 11) is 0. The number of aromatic nitrogens is 1. The maximum Gasteiger partial charge on any atom is 0.152 e. The van der Waals surface area contributed by atoms with Crippen molar-refractivity contribution in [1.82, 2.24) is 4.98 Å². The number of halogens is 2. The molecule has 0 unspecified atom stereocenters. The van der Waals surface area contributed by atoms with E-state index in [2.05, 4.69) is 15.3 Å². The molecule has 0 amide bonds. The van der Waals surface area contributed by atoms with Crippen molar-refractivity contribution in [3.63, 3.8) is 0 Å². The summed E-state index contributed by atoms with van der Waals surface area (Å²) in [6, 6.07) is 1.74. The molecule has 1 aliphatic rings. The lowest BCUT2D eigenvalue weighted by Gasteiger charge is -2.03. The Kier molecular flexibility index (Phi) is 2.38. The van der Waals surface area contributed by atoms with Gasteiger partial charge in [0.25, 0.3) is 0 Å². The van der Waals surface area contributed by atoms with E-state index in [4.69, 9.17) is 23.2 Å². The molecule has 1 aliphatic heterocycles. The van der Waals surface area contributed by atoms with Crippen LogP contribution in [0, 0.1) is 0 Å². The van der Waals surface area contributed by atoms with Crippen LogP contribution in [0.2, 0.25) is 5.02 Å². The molecular weight excluding hydrogens is 209 g/mol. The van der Waals surface area contributed by atoms with Crippen molar-refractivity contribution in [3.8, 4) is 0 Å². The van der Waals surface area contributed by atoms with E-state index in [-0.39, 0.29) is 0 Å². The van der Waals surface area contributed by atoms with E-state index in [0.29, 0.717) is 15.9 Å². The van der Waals surface area contributed by atoms with Gasteiger partial charge in [-0.05, 0) is 6.07 Å². The average molecular weight is 216 g/mol. The van der Waals surface area contributed by atoms with Crippen LogP contribution in [0.15, 0.2) is 17.3 Å². The molecule has 1 aromatic heterocycles. The predicted molar refractivity (Wildman–Crippen MR) is 55.3 cm³/mol. The van der Waals surface area contributed by atoms with Gasteiger partial charge in [0.2, 0.25) is 0 Å². The van der Waals surface area contributed by atoms with E-state index in [1.165, 1.54) is 0 Å². The third-order valence-electron chi connectivity index (χ3n) is 1.70. The molecule has 0 radical (unpaired) electrons. The number of anilines is 1. The molecule has 0 fully saturated rings. The second kappa shape index (κ2) is 3.52. The van der Waals surface area contributed by atoms with Crippen molar-refractivity contribution in [2.24, 2.45) is 4.99 Å². The molecule has 2 heterocycles. The number of fused-ring (bicyclic) bond motifs is 1. The van der Waals surface area contributed by atoms with Crippen molar-refractivity contribution in [1.29, 1.82) is 0 Å². The standard InChI is InChI=1S/C8H7Cl2N3/c9-5-3-6-8(12-4-5)11-2-1-7(10)13-6/h3-4H,1-2H2,(H,11,12). The summed E-state index contributed by atoms with van der Waals surface area (Å²) in [6.45, 7) is 0.754. The molecular formula is C8H7Cl2N3. The highest BCUT2D eigenvalue weighted by Gasteiger charge is 2.09. The fourth-order valence-electron chi connectivity index (χ4n) is 1.12. The fourth-order valence-corrected chi connectivity index (χ4v) is 1.46. The molecule has 0 saturated carbocycles. The van der Waals surface area contributed by atoms with Crippen LogP contribution in [0.3, 0.4) is 0 Å². The molecule has 0 aliphatic carbocycles. The van der Waals surface area contributed by atoms with Crippen molar-refractivity contribution in [2.45, 2.75) is 6.42 Å². The van der Waals surface area contributed by atoms with Gasteiger partial charge >= 0.3 is 0 Å². The molecule has 0 spiro atoms. The van der Waals surface area contributed by atoms with E-state index in [1.807, 2.05) is 0 Å². The zero-order valence-corrected chi connectivity index (χ0v) is 8.23. The normalized spacial score (nSPS) is 15.4. The van der Waals surface area contributed by atoms with Crippen LogP contribution in [0.4, 0.5) is 11.5 Å². The van der Waals surface area contributed by atoms with E-state index in [9.17, 15) is 0 Å². The largest absolute Gasteiger partial charge is 0.368 e. The Hall–Kier alpha value is -0.800. The van der Waals surface area contributed by atoms with Gasteiger partial charge in [-0.3, -0.25) is 0 Å². The quantitative estimate of drug-likeness (QED) is 0.723. The number of rotatable bonds is 0. The molecule has 13 heavy (non-hydrogen) atoms. The first-order valence-electron chi connectivity index (χ1n) is 3.88. The third kappa shape index (κ3) is 1.92. The zero-order valence-electron chi connectivity index (χ0n) is 6.72. The molecule has 1 aromatic rings. The Morgan fingerprint density at radius 2 is 2.23 bits per heavy atom. The summed E-state index contributed by atoms with van der Waals surface area (Å²) in [5.41, 5.74) is 0.704. The second-order valence-corrected chi connectivity index (χ2v) is 3.56. The van der Waals surface area contributed by atoms with Gasteiger partial charge in [-0.1, -0.05) is 23.2 Å². The van der Waals surface area contributed by atoms with Gasteiger partial charge in [-0.25, -0.2) is 9.98 Å². The SMILES string of the molecule is ClC1=Nc2cc(Cl)cnc2NCC1. The van der Waals surface area contributed by atoms with Crippen molar-refractivity contribution >= 4 is 39.9 Å². The molecule has 68 valence electrons. The highest BCUT2D eigenvalue weighted by atomic mass is 35.5. The Balaban J connectivity index is 2.49. The summed E-state index contributed by atoms with van der Waals surface area (Å²) in [5.74, 6) is 0.736. The number of hydrogen-bond donors (Lipinski definition) is 1. The first kappa shape index (κ1) is 8.78. The first-order valence-corrected chi connectivity index (χ1v) is 4.64. The third-order valence-corrected chi connectivity index (χ3v) is 2.18. The van der Waals surface area contributed by atoms with Crippen molar-refractivity contribution < 1.29 is 0 Å². The van der Waals surface area contributed by atoms with Crippen molar-refractivity contribution in [3.05, 3.63) is 17.3 Å². The molecule has 0 atom stereocenters. The van der Waals surface area contributed by atoms with E-state index < -0.39 is 0 Å². The van der Waals surface area contributed by atoms with Gasteiger partial charge in [-0.15, -0.1) is 0 Å². The fraction of sp³-hybridized carbons (Fsp3) is 0.250. The van der Waals surface area contributed by atoms with Crippen LogP contribution in [-0.2, 0) is 0 Å². The number of nitrogens with zero attached hydrogens (tertiary/aromatic N) is 2. The minimum atomic E-state index is 0.565. The van der Waals surface area contributed by atoms with Gasteiger partial charge in [0.1, 0.15) is 10.9 Å². The average Bonchev–Trinajstić information content (AvgIpc) is 2.25. The lowest BCUT2D eigenvalue weighted by Crippen LogP contribution is -2.02. The summed E-state index contributed by atoms with van der Waals surface area (Å²) in [4.78, 5) is 8.28. The van der Waals surface area contributed by atoms with Gasteiger partial charge in [0.15, 0.2) is 5.82 Å². The molecule has 0 aromatic carbocycles. The smallest absolute Gasteiger partial charge is 0.152 e. The summed E-state index contributed by atoms with van der Waals surface area (Å²) >= 11 is 11.6. The maximum absolute atomic E-state index is 5.84. The zero-order chi connectivity index (χ0) is 9.26. The van der Waals surface area contributed by atoms with Crippen LogP contribution < -0.4 is 5.32 Å². The first-order chi connectivity index (χ1) is 6.25.